The van der Waals surface area contributed by atoms with Crippen molar-refractivity contribution < 1.29 is 9.53 Å². The Morgan fingerprint density at radius 3 is 1.93 bits per heavy atom. The van der Waals surface area contributed by atoms with Crippen LogP contribution in [-0.2, 0) is 9.53 Å². The van der Waals surface area contributed by atoms with E-state index in [1.165, 1.54) is 96.3 Å². The number of hydrogen-bond acceptors (Lipinski definition) is 2. The summed E-state index contributed by atoms with van der Waals surface area (Å²) >= 11 is 0. The number of esters is 1. The van der Waals surface area contributed by atoms with Gasteiger partial charge < -0.3 is 4.74 Å². The third-order valence-electron chi connectivity index (χ3n) is 9.87. The van der Waals surface area contributed by atoms with E-state index in [1.54, 1.807) is 0 Å². The fourth-order valence-electron chi connectivity index (χ4n) is 8.21. The van der Waals surface area contributed by atoms with Crippen LogP contribution in [0.5, 0.6) is 0 Å². The number of allylic oxidation sites excluding steroid dienone is 2. The molecule has 4 atom stereocenters. The molecule has 168 valence electrons. The maximum Gasteiger partial charge on any atom is 0.310 e. The van der Waals surface area contributed by atoms with Crippen molar-refractivity contribution >= 4 is 5.97 Å². The van der Waals surface area contributed by atoms with Crippen LogP contribution in [0, 0.1) is 41.4 Å². The lowest BCUT2D eigenvalue weighted by Crippen LogP contribution is -2.41. The van der Waals surface area contributed by atoms with E-state index in [2.05, 4.69) is 12.2 Å². The number of carbonyl (C=O) groups excluding carboxylic acids is 1. The average molecular weight is 413 g/mol. The third kappa shape index (κ3) is 4.53. The van der Waals surface area contributed by atoms with Gasteiger partial charge in [0.2, 0.25) is 0 Å². The van der Waals surface area contributed by atoms with Crippen molar-refractivity contribution in [2.45, 2.75) is 115 Å². The van der Waals surface area contributed by atoms with E-state index in [9.17, 15) is 4.79 Å². The Labute approximate surface area is 184 Å². The van der Waals surface area contributed by atoms with Crippen molar-refractivity contribution in [3.05, 3.63) is 12.2 Å². The van der Waals surface area contributed by atoms with E-state index in [1.807, 2.05) is 0 Å². The third-order valence-corrected chi connectivity index (χ3v) is 9.87. The lowest BCUT2D eigenvalue weighted by Gasteiger charge is -2.41. The summed E-state index contributed by atoms with van der Waals surface area (Å²) in [5.41, 5.74) is 0. The number of fused-ring (bicyclic) bond motifs is 1. The quantitative estimate of drug-likeness (QED) is 0.353. The van der Waals surface area contributed by atoms with Gasteiger partial charge in [-0.2, -0.15) is 0 Å². The van der Waals surface area contributed by atoms with Crippen molar-refractivity contribution in [3.63, 3.8) is 0 Å². The van der Waals surface area contributed by atoms with Crippen molar-refractivity contribution in [1.82, 2.24) is 0 Å². The molecule has 5 aliphatic carbocycles. The van der Waals surface area contributed by atoms with Crippen LogP contribution in [0.4, 0.5) is 0 Å². The van der Waals surface area contributed by atoms with Crippen LogP contribution in [0.1, 0.15) is 109 Å². The Bertz CT molecular complexity index is 590. The molecule has 0 unspecified atom stereocenters. The molecule has 0 spiro atoms. The molecule has 5 aliphatic rings. The van der Waals surface area contributed by atoms with Gasteiger partial charge in [-0.25, -0.2) is 0 Å². The highest BCUT2D eigenvalue weighted by Gasteiger charge is 2.46. The van der Waals surface area contributed by atoms with E-state index in [0.717, 1.165) is 30.6 Å². The van der Waals surface area contributed by atoms with Gasteiger partial charge in [0.05, 0.1) is 5.92 Å². The Morgan fingerprint density at radius 1 is 0.600 bits per heavy atom. The summed E-state index contributed by atoms with van der Waals surface area (Å²) in [5.74, 6) is 4.60. The molecule has 30 heavy (non-hydrogen) atoms. The first kappa shape index (κ1) is 21.1. The van der Waals surface area contributed by atoms with Gasteiger partial charge in [0.15, 0.2) is 0 Å². The Hall–Kier alpha value is -0.790. The molecule has 0 aromatic rings. The minimum absolute atomic E-state index is 0.154. The first-order valence-electron chi connectivity index (χ1n) is 13.7. The molecule has 5 rings (SSSR count). The second kappa shape index (κ2) is 9.78. The van der Waals surface area contributed by atoms with Crippen molar-refractivity contribution in [1.29, 1.82) is 0 Å². The number of ether oxygens (including phenoxy) is 1. The first-order chi connectivity index (χ1) is 14.8. The van der Waals surface area contributed by atoms with Crippen LogP contribution in [-0.4, -0.2) is 12.1 Å². The van der Waals surface area contributed by atoms with Crippen LogP contribution in [0.2, 0.25) is 0 Å². The molecule has 0 radical (unpaired) electrons. The lowest BCUT2D eigenvalue weighted by molar-refractivity contribution is -0.162. The second-order valence-electron chi connectivity index (χ2n) is 11.5. The van der Waals surface area contributed by atoms with Gasteiger partial charge in [0, 0.05) is 0 Å². The minimum Gasteiger partial charge on any atom is -0.462 e. The number of hydrogen-bond donors (Lipinski definition) is 0. The highest BCUT2D eigenvalue weighted by molar-refractivity contribution is 5.74. The maximum atomic E-state index is 13.6. The molecular formula is C28H44O2. The largest absolute Gasteiger partial charge is 0.462 e. The van der Waals surface area contributed by atoms with Gasteiger partial charge in [-0.15, -0.1) is 0 Å². The van der Waals surface area contributed by atoms with Gasteiger partial charge in [0.1, 0.15) is 6.10 Å². The van der Waals surface area contributed by atoms with Crippen molar-refractivity contribution in [2.75, 3.05) is 0 Å². The monoisotopic (exact) mass is 412 g/mol. The van der Waals surface area contributed by atoms with Gasteiger partial charge in [-0.1, -0.05) is 69.9 Å². The molecule has 4 fully saturated rings. The summed E-state index contributed by atoms with van der Waals surface area (Å²) in [7, 11) is 0. The number of carbonyl (C=O) groups is 1. The Morgan fingerprint density at radius 2 is 1.23 bits per heavy atom. The summed E-state index contributed by atoms with van der Waals surface area (Å²) in [6, 6.07) is 0. The fraction of sp³-hybridized carbons (Fsp3) is 0.893. The Kier molecular flexibility index (Phi) is 6.87. The maximum absolute atomic E-state index is 13.6. The summed E-state index contributed by atoms with van der Waals surface area (Å²) in [5, 5.41) is 0. The van der Waals surface area contributed by atoms with Crippen LogP contribution in [0.15, 0.2) is 12.2 Å². The highest BCUT2D eigenvalue weighted by Crippen LogP contribution is 2.49. The first-order valence-corrected chi connectivity index (χ1v) is 13.7. The predicted octanol–water partition coefficient (Wildman–Crippen LogP) is 7.47. The summed E-state index contributed by atoms with van der Waals surface area (Å²) < 4.78 is 6.32. The molecule has 0 saturated heterocycles. The average Bonchev–Trinajstić information content (AvgIpc) is 3.29. The molecule has 2 nitrogen and oxygen atoms in total. The zero-order valence-electron chi connectivity index (χ0n) is 19.1. The fourth-order valence-corrected chi connectivity index (χ4v) is 8.21. The molecule has 0 aliphatic heterocycles. The molecular weight excluding hydrogens is 368 g/mol. The number of rotatable bonds is 4. The van der Waals surface area contributed by atoms with Gasteiger partial charge in [-0.05, 0) is 86.9 Å². The van der Waals surface area contributed by atoms with E-state index in [4.69, 9.17) is 4.74 Å². The van der Waals surface area contributed by atoms with Crippen molar-refractivity contribution in [3.8, 4) is 0 Å². The van der Waals surface area contributed by atoms with Crippen LogP contribution < -0.4 is 0 Å². The molecule has 0 aromatic carbocycles. The molecule has 0 aromatic heterocycles. The second-order valence-corrected chi connectivity index (χ2v) is 11.5. The molecule has 0 heterocycles. The standard InChI is InChI=1S/C28H44O2/c29-28(30-24-17-14-21(15-18-24)20-8-3-1-4-9-20)27-25-13-7-12-23(25)16-19-26(27)22-10-5-2-6-11-22/h16,19-27H,1-15,17-18H2/t21?,23-,24?,25+,26+,27-/m1/s1. The van der Waals surface area contributed by atoms with Crippen LogP contribution in [0.25, 0.3) is 0 Å². The highest BCUT2D eigenvalue weighted by atomic mass is 16.5. The minimum atomic E-state index is 0.154. The zero-order chi connectivity index (χ0) is 20.3. The molecule has 0 amide bonds. The summed E-state index contributed by atoms with van der Waals surface area (Å²) in [6.07, 6.45) is 27.8. The lowest BCUT2D eigenvalue weighted by atomic mass is 9.65. The van der Waals surface area contributed by atoms with E-state index >= 15 is 0 Å². The Balaban J connectivity index is 1.21. The smallest absolute Gasteiger partial charge is 0.310 e. The van der Waals surface area contributed by atoms with Crippen molar-refractivity contribution in [2.24, 2.45) is 41.4 Å². The van der Waals surface area contributed by atoms with Gasteiger partial charge in [0.25, 0.3) is 0 Å². The molecule has 0 bridgehead atoms. The molecule has 0 N–H and O–H groups in total. The van der Waals surface area contributed by atoms with E-state index in [-0.39, 0.29) is 18.0 Å². The zero-order valence-corrected chi connectivity index (χ0v) is 19.1. The molecule has 2 heteroatoms. The van der Waals surface area contributed by atoms with Crippen LogP contribution >= 0.6 is 0 Å². The van der Waals surface area contributed by atoms with E-state index < -0.39 is 0 Å². The van der Waals surface area contributed by atoms with Gasteiger partial charge >= 0.3 is 5.97 Å². The summed E-state index contributed by atoms with van der Waals surface area (Å²) in [6.45, 7) is 0. The molecule has 4 saturated carbocycles. The van der Waals surface area contributed by atoms with Crippen LogP contribution in [0.3, 0.4) is 0 Å². The predicted molar refractivity (Wildman–Crippen MR) is 122 cm³/mol. The normalized spacial score (nSPS) is 40.8. The van der Waals surface area contributed by atoms with E-state index in [0.29, 0.717) is 17.8 Å². The summed E-state index contributed by atoms with van der Waals surface area (Å²) in [4.78, 5) is 13.6. The van der Waals surface area contributed by atoms with Gasteiger partial charge in [-0.3, -0.25) is 4.79 Å². The topological polar surface area (TPSA) is 26.3 Å². The SMILES string of the molecule is O=C(OC1CCC(C2CCCCC2)CC1)[C@@H]1[C@H]2CCC[C@@H]2C=C[C@H]1C1CCCCC1.